The number of rotatable bonds is 6. The first-order valence-corrected chi connectivity index (χ1v) is 6.82. The van der Waals surface area contributed by atoms with Gasteiger partial charge in [-0.05, 0) is 19.3 Å². The molecule has 2 heteroatoms. The molecule has 0 radical (unpaired) electrons. The van der Waals surface area contributed by atoms with Gasteiger partial charge in [-0.25, -0.2) is 0 Å². The van der Waals surface area contributed by atoms with E-state index in [1.165, 1.54) is 32.1 Å². The minimum absolute atomic E-state index is 0.381. The molecule has 0 spiro atoms. The summed E-state index contributed by atoms with van der Waals surface area (Å²) < 4.78 is 5.93. The molecule has 3 atom stereocenters. The Bertz CT molecular complexity index is 172. The van der Waals surface area contributed by atoms with E-state index < -0.39 is 0 Å². The third-order valence-corrected chi connectivity index (χ3v) is 5.12. The molecule has 1 saturated carbocycles. The van der Waals surface area contributed by atoms with Gasteiger partial charge in [-0.1, -0.05) is 49.5 Å². The number of halogens is 1. The first kappa shape index (κ1) is 12.5. The van der Waals surface area contributed by atoms with Crippen LogP contribution < -0.4 is 0 Å². The summed E-state index contributed by atoms with van der Waals surface area (Å²) in [6, 6.07) is 0. The Labute approximate surface area is 96.7 Å². The predicted octanol–water partition coefficient (Wildman–Crippen LogP) is 4.15. The second-order valence-electron chi connectivity index (χ2n) is 4.63. The van der Waals surface area contributed by atoms with Crippen molar-refractivity contribution in [3.8, 4) is 0 Å². The molecular formula is C12H23BrO. The molecule has 0 amide bonds. The molecule has 0 saturated heterocycles. The fourth-order valence-electron chi connectivity index (χ4n) is 2.05. The summed E-state index contributed by atoms with van der Waals surface area (Å²) >= 11 is 3.73. The molecule has 14 heavy (non-hydrogen) atoms. The van der Waals surface area contributed by atoms with Crippen LogP contribution in [0.1, 0.15) is 52.9 Å². The number of unbranched alkanes of at least 4 members (excludes halogenated alkanes) is 2. The maximum absolute atomic E-state index is 5.93. The lowest BCUT2D eigenvalue weighted by molar-refractivity contribution is -0.0967. The van der Waals surface area contributed by atoms with Gasteiger partial charge < -0.3 is 4.74 Å². The number of ether oxygens (including phenoxy) is 1. The Hall–Kier alpha value is 0.440. The third kappa shape index (κ3) is 2.52. The highest BCUT2D eigenvalue weighted by atomic mass is 79.9. The molecule has 0 N–H and O–H groups in total. The van der Waals surface area contributed by atoms with Gasteiger partial charge in [0.2, 0.25) is 0 Å². The van der Waals surface area contributed by atoms with E-state index in [1.807, 2.05) is 0 Å². The summed E-state index contributed by atoms with van der Waals surface area (Å²) in [5.74, 6) is 0. The van der Waals surface area contributed by atoms with Crippen molar-refractivity contribution in [3.05, 3.63) is 0 Å². The van der Waals surface area contributed by atoms with Crippen LogP contribution in [0.4, 0.5) is 0 Å². The second kappa shape index (κ2) is 5.50. The van der Waals surface area contributed by atoms with Crippen LogP contribution in [0.3, 0.4) is 0 Å². The van der Waals surface area contributed by atoms with Gasteiger partial charge in [0.1, 0.15) is 0 Å². The number of alkyl halides is 1. The van der Waals surface area contributed by atoms with Crippen LogP contribution in [0.5, 0.6) is 0 Å². The van der Waals surface area contributed by atoms with Crippen LogP contribution in [0.2, 0.25) is 0 Å². The number of hydrogen-bond acceptors (Lipinski definition) is 1. The van der Waals surface area contributed by atoms with Gasteiger partial charge in [-0.2, -0.15) is 0 Å². The molecule has 1 aliphatic carbocycles. The van der Waals surface area contributed by atoms with E-state index in [0.29, 0.717) is 16.3 Å². The van der Waals surface area contributed by atoms with Crippen molar-refractivity contribution in [2.75, 3.05) is 6.61 Å². The zero-order chi connectivity index (χ0) is 10.6. The molecule has 0 aliphatic heterocycles. The van der Waals surface area contributed by atoms with Gasteiger partial charge in [-0.3, -0.25) is 0 Å². The van der Waals surface area contributed by atoms with Gasteiger partial charge >= 0.3 is 0 Å². The molecule has 3 unspecified atom stereocenters. The number of hydrogen-bond donors (Lipinski definition) is 0. The predicted molar refractivity (Wildman–Crippen MR) is 65.0 cm³/mol. The summed E-state index contributed by atoms with van der Waals surface area (Å²) in [5, 5.41) is 0. The molecule has 0 aromatic carbocycles. The van der Waals surface area contributed by atoms with Crippen LogP contribution in [-0.4, -0.2) is 17.5 Å². The first-order valence-electron chi connectivity index (χ1n) is 5.90. The van der Waals surface area contributed by atoms with E-state index >= 15 is 0 Å². The lowest BCUT2D eigenvalue weighted by Crippen LogP contribution is -2.53. The van der Waals surface area contributed by atoms with E-state index in [2.05, 4.69) is 36.7 Å². The monoisotopic (exact) mass is 262 g/mol. The molecule has 0 heterocycles. The topological polar surface area (TPSA) is 9.23 Å². The molecule has 1 fully saturated rings. The molecular weight excluding hydrogens is 240 g/mol. The van der Waals surface area contributed by atoms with Crippen LogP contribution in [0.25, 0.3) is 0 Å². The molecule has 0 aromatic heterocycles. The summed E-state index contributed by atoms with van der Waals surface area (Å²) in [6.07, 6.45) is 6.69. The smallest absolute Gasteiger partial charge is 0.0650 e. The summed E-state index contributed by atoms with van der Waals surface area (Å²) in [6.45, 7) is 7.78. The Morgan fingerprint density at radius 2 is 2.07 bits per heavy atom. The van der Waals surface area contributed by atoms with Crippen LogP contribution in [-0.2, 0) is 4.74 Å². The van der Waals surface area contributed by atoms with Crippen LogP contribution in [0.15, 0.2) is 0 Å². The van der Waals surface area contributed by atoms with Gasteiger partial charge in [0.15, 0.2) is 0 Å². The Morgan fingerprint density at radius 1 is 1.36 bits per heavy atom. The Kier molecular flexibility index (Phi) is 4.92. The first-order chi connectivity index (χ1) is 6.65. The van der Waals surface area contributed by atoms with Crippen molar-refractivity contribution in [1.82, 2.24) is 0 Å². The Balaban J connectivity index is 2.20. The average Bonchev–Trinajstić information content (AvgIpc) is 2.21. The molecule has 84 valence electrons. The maximum Gasteiger partial charge on any atom is 0.0650 e. The largest absolute Gasteiger partial charge is 0.378 e. The van der Waals surface area contributed by atoms with Crippen molar-refractivity contribution in [2.24, 2.45) is 5.41 Å². The van der Waals surface area contributed by atoms with E-state index in [-0.39, 0.29) is 0 Å². The lowest BCUT2D eigenvalue weighted by Gasteiger charge is -2.51. The van der Waals surface area contributed by atoms with Gasteiger partial charge in [-0.15, -0.1) is 0 Å². The van der Waals surface area contributed by atoms with Gasteiger partial charge in [0.25, 0.3) is 0 Å². The van der Waals surface area contributed by atoms with Crippen LogP contribution >= 0.6 is 15.9 Å². The normalized spacial score (nSPS) is 36.9. The van der Waals surface area contributed by atoms with E-state index in [0.717, 1.165) is 6.61 Å². The molecule has 0 bridgehead atoms. The summed E-state index contributed by atoms with van der Waals surface area (Å²) in [7, 11) is 0. The van der Waals surface area contributed by atoms with Gasteiger partial charge in [0.05, 0.1) is 6.10 Å². The highest BCUT2D eigenvalue weighted by Crippen LogP contribution is 2.50. The van der Waals surface area contributed by atoms with Crippen molar-refractivity contribution in [1.29, 1.82) is 0 Å². The molecule has 1 nitrogen and oxygen atoms in total. The molecule has 1 aliphatic rings. The SMILES string of the molecule is CCCCCOC1CC(Br)C1(C)CC. The zero-order valence-corrected chi connectivity index (χ0v) is 11.3. The van der Waals surface area contributed by atoms with Crippen molar-refractivity contribution in [2.45, 2.75) is 63.8 Å². The van der Waals surface area contributed by atoms with E-state index in [1.54, 1.807) is 0 Å². The standard InChI is InChI=1S/C12H23BrO/c1-4-6-7-8-14-11-9-10(13)12(11,3)5-2/h10-11H,4-9H2,1-3H3. The highest BCUT2D eigenvalue weighted by molar-refractivity contribution is 9.09. The zero-order valence-electron chi connectivity index (χ0n) is 9.68. The third-order valence-electron chi connectivity index (χ3n) is 3.70. The summed E-state index contributed by atoms with van der Waals surface area (Å²) in [5.41, 5.74) is 0.381. The highest BCUT2D eigenvalue weighted by Gasteiger charge is 2.49. The lowest BCUT2D eigenvalue weighted by atomic mass is 9.66. The van der Waals surface area contributed by atoms with Crippen molar-refractivity contribution >= 4 is 15.9 Å². The molecule has 0 aromatic rings. The van der Waals surface area contributed by atoms with Crippen molar-refractivity contribution < 1.29 is 4.74 Å². The van der Waals surface area contributed by atoms with Crippen LogP contribution in [0, 0.1) is 5.41 Å². The second-order valence-corrected chi connectivity index (χ2v) is 5.73. The van der Waals surface area contributed by atoms with E-state index in [9.17, 15) is 0 Å². The fourth-order valence-corrected chi connectivity index (χ4v) is 3.01. The Morgan fingerprint density at radius 3 is 2.57 bits per heavy atom. The minimum Gasteiger partial charge on any atom is -0.378 e. The summed E-state index contributed by atoms with van der Waals surface area (Å²) in [4.78, 5) is 0.663. The maximum atomic E-state index is 5.93. The quantitative estimate of drug-likeness (QED) is 0.517. The van der Waals surface area contributed by atoms with Gasteiger partial charge in [0, 0.05) is 16.8 Å². The van der Waals surface area contributed by atoms with Crippen molar-refractivity contribution in [3.63, 3.8) is 0 Å². The fraction of sp³-hybridized carbons (Fsp3) is 1.00. The molecule has 1 rings (SSSR count). The average molecular weight is 263 g/mol. The minimum atomic E-state index is 0.381. The van der Waals surface area contributed by atoms with E-state index in [4.69, 9.17) is 4.74 Å².